The van der Waals surface area contributed by atoms with Gasteiger partial charge in [-0.1, -0.05) is 39.5 Å². The average molecular weight is 427 g/mol. The maximum atomic E-state index is 12.6. The Morgan fingerprint density at radius 3 is 1.83 bits per heavy atom. The predicted octanol–water partition coefficient (Wildman–Crippen LogP) is 4.99. The number of nitrogens with zero attached hydrogens (tertiary/aromatic N) is 2. The molecule has 1 heterocycles. The molecule has 0 aromatic heterocycles. The first kappa shape index (κ1) is 22.5. The van der Waals surface area contributed by atoms with Crippen molar-refractivity contribution in [2.24, 2.45) is 0 Å². The molecule has 0 fully saturated rings. The fourth-order valence-electron chi connectivity index (χ4n) is 3.41. The smallest absolute Gasteiger partial charge is 0.176 e. The monoisotopic (exact) mass is 426 g/mol. The lowest BCUT2D eigenvalue weighted by Gasteiger charge is -2.22. The Morgan fingerprint density at radius 2 is 1.27 bits per heavy atom. The molecular formula is C24H30N2O3S. The van der Waals surface area contributed by atoms with Crippen LogP contribution in [0.15, 0.2) is 46.2 Å². The maximum Gasteiger partial charge on any atom is 0.176 e. The molecule has 3 rings (SSSR count). The van der Waals surface area contributed by atoms with Crippen LogP contribution >= 0.6 is 11.8 Å². The zero-order valence-corrected chi connectivity index (χ0v) is 19.1. The van der Waals surface area contributed by atoms with Crippen LogP contribution in [0.5, 0.6) is 11.5 Å². The van der Waals surface area contributed by atoms with Crippen LogP contribution in [0.4, 0.5) is 0 Å². The highest BCUT2D eigenvalue weighted by Gasteiger charge is 2.22. The van der Waals surface area contributed by atoms with E-state index < -0.39 is 0 Å². The molecule has 0 aliphatic carbocycles. The highest BCUT2D eigenvalue weighted by Crippen LogP contribution is 2.47. The summed E-state index contributed by atoms with van der Waals surface area (Å²) < 4.78 is 6.08. The Morgan fingerprint density at radius 1 is 0.733 bits per heavy atom. The third-order valence-corrected chi connectivity index (χ3v) is 6.59. The van der Waals surface area contributed by atoms with Crippen LogP contribution in [0.25, 0.3) is 0 Å². The predicted molar refractivity (Wildman–Crippen MR) is 121 cm³/mol. The van der Waals surface area contributed by atoms with Gasteiger partial charge in [0.05, 0.1) is 22.9 Å². The summed E-state index contributed by atoms with van der Waals surface area (Å²) in [7, 11) is 0. The van der Waals surface area contributed by atoms with Crippen molar-refractivity contribution in [3.05, 3.63) is 47.5 Å². The molecule has 0 atom stereocenters. The SMILES string of the molecule is CCN(CC)CC(=O)c1ccc2c(c1)Oc1ccc(C(=O)CN(CC)CC)cc1S2. The second kappa shape index (κ2) is 10.2. The molecule has 0 bridgehead atoms. The van der Waals surface area contributed by atoms with Gasteiger partial charge in [0.15, 0.2) is 11.6 Å². The molecule has 1 aliphatic heterocycles. The molecule has 30 heavy (non-hydrogen) atoms. The molecule has 0 spiro atoms. The summed E-state index contributed by atoms with van der Waals surface area (Å²) in [6.07, 6.45) is 0. The summed E-state index contributed by atoms with van der Waals surface area (Å²) in [5.74, 6) is 1.63. The standard InChI is InChI=1S/C24H30N2O3S/c1-5-25(6-2)15-19(27)17-10-12-23-22(13-17)29-21-11-9-18(14-24(21)30-23)20(28)16-26(7-3)8-4/h9-14H,5-8,15-16H2,1-4H3. The molecule has 160 valence electrons. The van der Waals surface area contributed by atoms with Gasteiger partial charge < -0.3 is 4.74 Å². The number of likely N-dealkylation sites (N-methyl/N-ethyl adjacent to an activating group) is 2. The molecule has 0 saturated heterocycles. The third kappa shape index (κ3) is 5.12. The Kier molecular flexibility index (Phi) is 7.69. The normalized spacial score (nSPS) is 12.5. The van der Waals surface area contributed by atoms with E-state index in [1.807, 2.05) is 36.4 Å². The average Bonchev–Trinajstić information content (AvgIpc) is 2.78. The quantitative estimate of drug-likeness (QED) is 0.426. The second-order valence-electron chi connectivity index (χ2n) is 7.30. The summed E-state index contributed by atoms with van der Waals surface area (Å²) in [4.78, 5) is 31.3. The van der Waals surface area contributed by atoms with Crippen molar-refractivity contribution in [2.75, 3.05) is 39.3 Å². The van der Waals surface area contributed by atoms with Crippen molar-refractivity contribution in [2.45, 2.75) is 37.5 Å². The molecule has 6 heteroatoms. The number of benzene rings is 2. The molecule has 0 N–H and O–H groups in total. The van der Waals surface area contributed by atoms with Crippen LogP contribution in [0.3, 0.4) is 0 Å². The second-order valence-corrected chi connectivity index (χ2v) is 8.38. The van der Waals surface area contributed by atoms with Gasteiger partial charge in [0.25, 0.3) is 0 Å². The Bertz CT molecular complexity index is 845. The topological polar surface area (TPSA) is 49.9 Å². The van der Waals surface area contributed by atoms with Crippen LogP contribution in [-0.4, -0.2) is 60.6 Å². The fourth-order valence-corrected chi connectivity index (χ4v) is 4.38. The lowest BCUT2D eigenvalue weighted by molar-refractivity contribution is 0.0929. The van der Waals surface area contributed by atoms with Gasteiger partial charge in [-0.3, -0.25) is 19.4 Å². The number of ketones is 2. The van der Waals surface area contributed by atoms with Gasteiger partial charge in [-0.15, -0.1) is 0 Å². The van der Waals surface area contributed by atoms with E-state index in [0.29, 0.717) is 30.0 Å². The highest BCUT2D eigenvalue weighted by molar-refractivity contribution is 7.99. The van der Waals surface area contributed by atoms with Gasteiger partial charge in [0.2, 0.25) is 0 Å². The van der Waals surface area contributed by atoms with E-state index in [4.69, 9.17) is 4.74 Å². The largest absolute Gasteiger partial charge is 0.455 e. The fraction of sp³-hybridized carbons (Fsp3) is 0.417. The minimum absolute atomic E-state index is 0.0956. The number of Topliss-reactive ketones (excluding diaryl/α,β-unsaturated/α-hetero) is 2. The van der Waals surface area contributed by atoms with E-state index in [1.165, 1.54) is 0 Å². The van der Waals surface area contributed by atoms with E-state index in [1.54, 1.807) is 11.8 Å². The summed E-state index contributed by atoms with van der Waals surface area (Å²) >= 11 is 1.58. The summed E-state index contributed by atoms with van der Waals surface area (Å²) in [5.41, 5.74) is 1.36. The van der Waals surface area contributed by atoms with Gasteiger partial charge in [0.1, 0.15) is 11.5 Å². The number of carbonyl (C=O) groups is 2. The Balaban J connectivity index is 1.76. The van der Waals surface area contributed by atoms with Crippen molar-refractivity contribution in [3.63, 3.8) is 0 Å². The van der Waals surface area contributed by atoms with Crippen molar-refractivity contribution in [1.82, 2.24) is 9.80 Å². The highest BCUT2D eigenvalue weighted by atomic mass is 32.2. The number of hydrogen-bond acceptors (Lipinski definition) is 6. The first-order valence-electron chi connectivity index (χ1n) is 10.6. The molecule has 2 aromatic carbocycles. The lowest BCUT2D eigenvalue weighted by Crippen LogP contribution is -2.29. The lowest BCUT2D eigenvalue weighted by atomic mass is 10.1. The van der Waals surface area contributed by atoms with Crippen LogP contribution < -0.4 is 4.74 Å². The van der Waals surface area contributed by atoms with Crippen LogP contribution in [-0.2, 0) is 0 Å². The zero-order valence-electron chi connectivity index (χ0n) is 18.2. The van der Waals surface area contributed by atoms with Gasteiger partial charge >= 0.3 is 0 Å². The summed E-state index contributed by atoms with van der Waals surface area (Å²) in [6, 6.07) is 11.2. The summed E-state index contributed by atoms with van der Waals surface area (Å²) in [6.45, 7) is 12.5. The maximum absolute atomic E-state index is 12.6. The minimum atomic E-state index is 0.0956. The van der Waals surface area contributed by atoms with E-state index in [2.05, 4.69) is 37.5 Å². The molecule has 0 amide bonds. The number of carbonyl (C=O) groups excluding carboxylic acids is 2. The van der Waals surface area contributed by atoms with E-state index in [9.17, 15) is 9.59 Å². The Hall–Kier alpha value is -2.15. The first-order chi connectivity index (χ1) is 14.5. The molecule has 0 saturated carbocycles. The molecule has 5 nitrogen and oxygen atoms in total. The van der Waals surface area contributed by atoms with Crippen LogP contribution in [0.2, 0.25) is 0 Å². The van der Waals surface area contributed by atoms with Gasteiger partial charge in [0, 0.05) is 11.1 Å². The minimum Gasteiger partial charge on any atom is -0.455 e. The van der Waals surface area contributed by atoms with Gasteiger partial charge in [-0.2, -0.15) is 0 Å². The molecule has 0 radical (unpaired) electrons. The summed E-state index contributed by atoms with van der Waals surface area (Å²) in [5, 5.41) is 0. The van der Waals surface area contributed by atoms with Crippen molar-refractivity contribution < 1.29 is 14.3 Å². The number of fused-ring (bicyclic) bond motifs is 2. The van der Waals surface area contributed by atoms with Crippen LogP contribution in [0, 0.1) is 0 Å². The van der Waals surface area contributed by atoms with E-state index in [-0.39, 0.29) is 11.6 Å². The van der Waals surface area contributed by atoms with Gasteiger partial charge in [-0.05, 0) is 62.6 Å². The molecule has 0 unspecified atom stereocenters. The van der Waals surface area contributed by atoms with Gasteiger partial charge in [-0.25, -0.2) is 0 Å². The molecular weight excluding hydrogens is 396 g/mol. The van der Waals surface area contributed by atoms with Crippen LogP contribution in [0.1, 0.15) is 48.4 Å². The van der Waals surface area contributed by atoms with E-state index >= 15 is 0 Å². The zero-order chi connectivity index (χ0) is 21.7. The Labute approximate surface area is 183 Å². The number of rotatable bonds is 10. The number of hydrogen-bond donors (Lipinski definition) is 0. The molecule has 1 aliphatic rings. The first-order valence-corrected chi connectivity index (χ1v) is 11.5. The number of ether oxygens (including phenoxy) is 1. The third-order valence-electron chi connectivity index (χ3n) is 5.49. The van der Waals surface area contributed by atoms with Crippen molar-refractivity contribution >= 4 is 23.3 Å². The molecule has 2 aromatic rings. The van der Waals surface area contributed by atoms with Crippen molar-refractivity contribution in [1.29, 1.82) is 0 Å². The van der Waals surface area contributed by atoms with E-state index in [0.717, 1.165) is 41.7 Å². The van der Waals surface area contributed by atoms with Crippen molar-refractivity contribution in [3.8, 4) is 11.5 Å².